The molecule has 0 unspecified atom stereocenters. The van der Waals surface area contributed by atoms with Crippen molar-refractivity contribution in [1.29, 1.82) is 0 Å². The first-order chi connectivity index (χ1) is 6.63. The van der Waals surface area contributed by atoms with Crippen molar-refractivity contribution in [2.75, 3.05) is 7.05 Å². The number of carbonyl (C=O) groups is 1. The molecule has 76 valence electrons. The van der Waals surface area contributed by atoms with Crippen molar-refractivity contribution >= 4 is 17.5 Å². The van der Waals surface area contributed by atoms with Gasteiger partial charge in [0.1, 0.15) is 5.75 Å². The van der Waals surface area contributed by atoms with Gasteiger partial charge < -0.3 is 10.1 Å². The lowest BCUT2D eigenvalue weighted by molar-refractivity contribution is -0.126. The molecule has 14 heavy (non-hydrogen) atoms. The molecular weight excluding hydrogens is 202 g/mol. The van der Waals surface area contributed by atoms with Gasteiger partial charge in [-0.2, -0.15) is 0 Å². The van der Waals surface area contributed by atoms with Crippen molar-refractivity contribution in [1.82, 2.24) is 5.32 Å². The molecule has 1 rings (SSSR count). The van der Waals surface area contributed by atoms with Crippen molar-refractivity contribution in [3.8, 4) is 5.75 Å². The summed E-state index contributed by atoms with van der Waals surface area (Å²) in [5, 5.41) is 3.09. The summed E-state index contributed by atoms with van der Waals surface area (Å²) in [5.74, 6) is 0.429. The summed E-state index contributed by atoms with van der Waals surface area (Å²) in [6, 6.07) is 6.94. The Bertz CT molecular complexity index is 328. The van der Waals surface area contributed by atoms with Gasteiger partial charge in [0.2, 0.25) is 0 Å². The molecule has 0 radical (unpaired) electrons. The molecule has 4 heteroatoms. The van der Waals surface area contributed by atoms with E-state index in [2.05, 4.69) is 5.32 Å². The zero-order valence-corrected chi connectivity index (χ0v) is 8.84. The lowest BCUT2D eigenvalue weighted by atomic mass is 10.3. The summed E-state index contributed by atoms with van der Waals surface area (Å²) < 4.78 is 5.35. The predicted molar refractivity (Wildman–Crippen MR) is 55.6 cm³/mol. The number of nitrogens with one attached hydrogen (secondary N) is 1. The van der Waals surface area contributed by atoms with E-state index in [0.717, 1.165) is 0 Å². The summed E-state index contributed by atoms with van der Waals surface area (Å²) in [7, 11) is 1.57. The Morgan fingerprint density at radius 1 is 1.57 bits per heavy atom. The Morgan fingerprint density at radius 3 is 2.86 bits per heavy atom. The van der Waals surface area contributed by atoms with E-state index >= 15 is 0 Å². The lowest BCUT2D eigenvalue weighted by Crippen LogP contribution is -2.33. The van der Waals surface area contributed by atoms with Crippen LogP contribution in [0.5, 0.6) is 5.75 Å². The van der Waals surface area contributed by atoms with Gasteiger partial charge in [-0.1, -0.05) is 17.7 Å². The fourth-order valence-electron chi connectivity index (χ4n) is 1.00. The summed E-state index contributed by atoms with van der Waals surface area (Å²) in [6.45, 7) is 1.68. The summed E-state index contributed by atoms with van der Waals surface area (Å²) in [5.41, 5.74) is 0. The molecule has 0 fully saturated rings. The second-order valence-electron chi connectivity index (χ2n) is 2.83. The molecule has 1 aromatic carbocycles. The van der Waals surface area contributed by atoms with Crippen LogP contribution >= 0.6 is 11.6 Å². The van der Waals surface area contributed by atoms with E-state index in [9.17, 15) is 4.79 Å². The van der Waals surface area contributed by atoms with Crippen LogP contribution in [0.4, 0.5) is 0 Å². The molecule has 0 aliphatic rings. The van der Waals surface area contributed by atoms with E-state index < -0.39 is 6.10 Å². The second kappa shape index (κ2) is 4.86. The molecule has 0 aliphatic carbocycles. The summed E-state index contributed by atoms with van der Waals surface area (Å²) in [4.78, 5) is 11.1. The molecular formula is C10H12ClNO2. The standard InChI is InChI=1S/C10H12ClNO2/c1-7(10(13)12-2)14-9-5-3-4-8(11)6-9/h3-7H,1-2H3,(H,12,13)/t7-/m1/s1. The van der Waals surface area contributed by atoms with Crippen LogP contribution in [-0.4, -0.2) is 19.1 Å². The fraction of sp³-hybridized carbons (Fsp3) is 0.300. The van der Waals surface area contributed by atoms with E-state index in [4.69, 9.17) is 16.3 Å². The Balaban J connectivity index is 2.64. The highest BCUT2D eigenvalue weighted by molar-refractivity contribution is 6.30. The number of rotatable bonds is 3. The second-order valence-corrected chi connectivity index (χ2v) is 3.27. The SMILES string of the molecule is CNC(=O)[C@@H](C)Oc1cccc(Cl)c1. The Labute approximate surface area is 88.0 Å². The summed E-state index contributed by atoms with van der Waals surface area (Å²) in [6.07, 6.45) is -0.515. The van der Waals surface area contributed by atoms with E-state index in [1.54, 1.807) is 38.2 Å². The minimum absolute atomic E-state index is 0.162. The third kappa shape index (κ3) is 2.92. The number of halogens is 1. The first-order valence-electron chi connectivity index (χ1n) is 4.27. The molecule has 1 amide bonds. The maximum atomic E-state index is 11.1. The van der Waals surface area contributed by atoms with Crippen LogP contribution in [0.2, 0.25) is 5.02 Å². The highest BCUT2D eigenvalue weighted by Crippen LogP contribution is 2.18. The zero-order chi connectivity index (χ0) is 10.6. The van der Waals surface area contributed by atoms with Crippen LogP contribution in [-0.2, 0) is 4.79 Å². The Kier molecular flexibility index (Phi) is 3.77. The van der Waals surface area contributed by atoms with Crippen molar-refractivity contribution in [2.24, 2.45) is 0 Å². The number of benzene rings is 1. The number of likely N-dealkylation sites (N-methyl/N-ethyl adjacent to an activating group) is 1. The zero-order valence-electron chi connectivity index (χ0n) is 8.08. The predicted octanol–water partition coefficient (Wildman–Crippen LogP) is 1.85. The lowest BCUT2D eigenvalue weighted by Gasteiger charge is -2.12. The number of hydrogen-bond acceptors (Lipinski definition) is 2. The van der Waals surface area contributed by atoms with Crippen molar-refractivity contribution in [3.63, 3.8) is 0 Å². The molecule has 1 aromatic rings. The minimum atomic E-state index is -0.515. The monoisotopic (exact) mass is 213 g/mol. The fourth-order valence-corrected chi connectivity index (χ4v) is 1.18. The van der Waals surface area contributed by atoms with E-state index in [1.165, 1.54) is 0 Å². The molecule has 0 heterocycles. The molecule has 0 spiro atoms. The average molecular weight is 214 g/mol. The molecule has 1 N–H and O–H groups in total. The van der Waals surface area contributed by atoms with Crippen LogP contribution in [0, 0.1) is 0 Å². The molecule has 0 saturated carbocycles. The quantitative estimate of drug-likeness (QED) is 0.832. The van der Waals surface area contributed by atoms with Crippen molar-refractivity contribution < 1.29 is 9.53 Å². The highest BCUT2D eigenvalue weighted by atomic mass is 35.5. The van der Waals surface area contributed by atoms with Gasteiger partial charge in [0, 0.05) is 12.1 Å². The van der Waals surface area contributed by atoms with E-state index in [1.807, 2.05) is 0 Å². The van der Waals surface area contributed by atoms with Gasteiger partial charge in [0.05, 0.1) is 0 Å². The average Bonchev–Trinajstić information content (AvgIpc) is 2.16. The number of ether oxygens (including phenoxy) is 1. The van der Waals surface area contributed by atoms with Gasteiger partial charge in [-0.25, -0.2) is 0 Å². The molecule has 0 bridgehead atoms. The van der Waals surface area contributed by atoms with Crippen LogP contribution < -0.4 is 10.1 Å². The topological polar surface area (TPSA) is 38.3 Å². The summed E-state index contributed by atoms with van der Waals surface area (Å²) >= 11 is 5.76. The van der Waals surface area contributed by atoms with Crippen LogP contribution in [0.15, 0.2) is 24.3 Å². The Morgan fingerprint density at radius 2 is 2.29 bits per heavy atom. The maximum absolute atomic E-state index is 11.1. The van der Waals surface area contributed by atoms with Gasteiger partial charge >= 0.3 is 0 Å². The molecule has 1 atom stereocenters. The normalized spacial score (nSPS) is 11.9. The van der Waals surface area contributed by atoms with Crippen LogP contribution in [0.1, 0.15) is 6.92 Å². The Hall–Kier alpha value is -1.22. The molecule has 0 aliphatic heterocycles. The van der Waals surface area contributed by atoms with Gasteiger partial charge in [0.15, 0.2) is 6.10 Å². The smallest absolute Gasteiger partial charge is 0.260 e. The van der Waals surface area contributed by atoms with Crippen LogP contribution in [0.3, 0.4) is 0 Å². The van der Waals surface area contributed by atoms with Gasteiger partial charge in [-0.3, -0.25) is 4.79 Å². The van der Waals surface area contributed by atoms with Gasteiger partial charge in [-0.05, 0) is 25.1 Å². The van der Waals surface area contributed by atoms with E-state index in [0.29, 0.717) is 10.8 Å². The molecule has 3 nitrogen and oxygen atoms in total. The first-order valence-corrected chi connectivity index (χ1v) is 4.65. The third-order valence-electron chi connectivity index (χ3n) is 1.72. The number of carbonyl (C=O) groups excluding carboxylic acids is 1. The number of hydrogen-bond donors (Lipinski definition) is 1. The van der Waals surface area contributed by atoms with Crippen LogP contribution in [0.25, 0.3) is 0 Å². The number of amides is 1. The largest absolute Gasteiger partial charge is 0.481 e. The van der Waals surface area contributed by atoms with Crippen molar-refractivity contribution in [2.45, 2.75) is 13.0 Å². The molecule has 0 aromatic heterocycles. The minimum Gasteiger partial charge on any atom is -0.481 e. The first kappa shape index (κ1) is 10.9. The maximum Gasteiger partial charge on any atom is 0.260 e. The third-order valence-corrected chi connectivity index (χ3v) is 1.96. The van der Waals surface area contributed by atoms with Gasteiger partial charge in [0.25, 0.3) is 5.91 Å². The molecule has 0 saturated heterocycles. The highest BCUT2D eigenvalue weighted by Gasteiger charge is 2.12. The van der Waals surface area contributed by atoms with E-state index in [-0.39, 0.29) is 5.91 Å². The van der Waals surface area contributed by atoms with Gasteiger partial charge in [-0.15, -0.1) is 0 Å². The van der Waals surface area contributed by atoms with Crippen molar-refractivity contribution in [3.05, 3.63) is 29.3 Å².